The number of hydrogen-bond acceptors (Lipinski definition) is 3. The van der Waals surface area contributed by atoms with E-state index in [0.29, 0.717) is 13.0 Å². The van der Waals surface area contributed by atoms with Crippen LogP contribution in [0.25, 0.3) is 10.8 Å². The fourth-order valence-electron chi connectivity index (χ4n) is 3.31. The average molecular weight is 360 g/mol. The average Bonchev–Trinajstić information content (AvgIpc) is 2.73. The van der Waals surface area contributed by atoms with Gasteiger partial charge in [-0.15, -0.1) is 0 Å². The second-order valence-electron chi connectivity index (χ2n) is 6.73. The molecule has 2 amide bonds. The van der Waals surface area contributed by atoms with E-state index in [2.05, 4.69) is 30.4 Å². The molecule has 5 nitrogen and oxygen atoms in total. The monoisotopic (exact) mass is 360 g/mol. The zero-order valence-corrected chi connectivity index (χ0v) is 15.5. The highest BCUT2D eigenvalue weighted by Gasteiger charge is 2.27. The van der Waals surface area contributed by atoms with Crippen molar-refractivity contribution in [2.75, 3.05) is 18.1 Å². The van der Waals surface area contributed by atoms with Crippen LogP contribution < -0.4 is 5.32 Å². The van der Waals surface area contributed by atoms with Crippen LogP contribution in [0.15, 0.2) is 36.4 Å². The summed E-state index contributed by atoms with van der Waals surface area (Å²) in [6, 6.07) is 12.0. The molecule has 1 aliphatic heterocycles. The first-order valence-corrected chi connectivity index (χ1v) is 10.4. The molecule has 0 unspecified atom stereocenters. The number of aryl methyl sites for hydroxylation is 1. The molecule has 1 fully saturated rings. The molecule has 134 valence electrons. The van der Waals surface area contributed by atoms with Crippen molar-refractivity contribution in [3.63, 3.8) is 0 Å². The van der Waals surface area contributed by atoms with Gasteiger partial charge in [-0.1, -0.05) is 36.4 Å². The lowest BCUT2D eigenvalue weighted by molar-refractivity contribution is 0.182. The maximum atomic E-state index is 12.6. The third-order valence-electron chi connectivity index (χ3n) is 4.95. The molecule has 1 aliphatic rings. The largest absolute Gasteiger partial charge is 0.334 e. The predicted octanol–water partition coefficient (Wildman–Crippen LogP) is 2.87. The Labute approximate surface area is 148 Å². The SMILES string of the molecule is Cc1ccc(CNC(=O)N2CCS(=O)(=O)CC[C@@H]2C)c2ccccc12. The lowest BCUT2D eigenvalue weighted by atomic mass is 10.0. The van der Waals surface area contributed by atoms with Crippen molar-refractivity contribution in [1.29, 1.82) is 0 Å². The van der Waals surface area contributed by atoms with E-state index in [-0.39, 0.29) is 30.1 Å². The molecule has 1 heterocycles. The van der Waals surface area contributed by atoms with Gasteiger partial charge in [0.2, 0.25) is 0 Å². The molecule has 0 bridgehead atoms. The van der Waals surface area contributed by atoms with Crippen molar-refractivity contribution in [2.45, 2.75) is 32.9 Å². The summed E-state index contributed by atoms with van der Waals surface area (Å²) in [6.45, 7) is 4.66. The molecule has 0 saturated carbocycles. The molecule has 25 heavy (non-hydrogen) atoms. The molecular formula is C19H24N2O3S. The van der Waals surface area contributed by atoms with E-state index >= 15 is 0 Å². The summed E-state index contributed by atoms with van der Waals surface area (Å²) in [5, 5.41) is 5.28. The van der Waals surface area contributed by atoms with E-state index in [0.717, 1.165) is 10.9 Å². The molecule has 0 radical (unpaired) electrons. The van der Waals surface area contributed by atoms with Gasteiger partial charge >= 0.3 is 6.03 Å². The van der Waals surface area contributed by atoms with Crippen molar-refractivity contribution in [3.05, 3.63) is 47.5 Å². The van der Waals surface area contributed by atoms with E-state index in [1.165, 1.54) is 10.9 Å². The molecule has 1 N–H and O–H groups in total. The van der Waals surface area contributed by atoms with Crippen LogP contribution in [0.3, 0.4) is 0 Å². The zero-order valence-electron chi connectivity index (χ0n) is 14.7. The number of urea groups is 1. The van der Waals surface area contributed by atoms with Crippen LogP contribution in [0, 0.1) is 6.92 Å². The maximum absolute atomic E-state index is 12.6. The normalized spacial score (nSPS) is 20.2. The molecule has 0 aromatic heterocycles. The summed E-state index contributed by atoms with van der Waals surface area (Å²) in [6.07, 6.45) is 0.489. The van der Waals surface area contributed by atoms with E-state index in [1.54, 1.807) is 4.90 Å². The van der Waals surface area contributed by atoms with Crippen LogP contribution in [0.2, 0.25) is 0 Å². The first-order chi connectivity index (χ1) is 11.9. The van der Waals surface area contributed by atoms with Gasteiger partial charge in [0.05, 0.1) is 11.5 Å². The number of hydrogen-bond donors (Lipinski definition) is 1. The van der Waals surface area contributed by atoms with Gasteiger partial charge in [0.15, 0.2) is 9.84 Å². The zero-order chi connectivity index (χ0) is 18.0. The number of amides is 2. The number of benzene rings is 2. The number of fused-ring (bicyclic) bond motifs is 1. The number of carbonyl (C=O) groups excluding carboxylic acids is 1. The Bertz CT molecular complexity index is 893. The van der Waals surface area contributed by atoms with E-state index in [4.69, 9.17) is 0 Å². The summed E-state index contributed by atoms with van der Waals surface area (Å²) in [7, 11) is -3.04. The lowest BCUT2D eigenvalue weighted by Gasteiger charge is -2.27. The quantitative estimate of drug-likeness (QED) is 0.895. The van der Waals surface area contributed by atoms with Crippen molar-refractivity contribution in [3.8, 4) is 0 Å². The molecule has 2 aromatic rings. The standard InChI is InChI=1S/C19H24N2O3S/c1-14-7-8-16(18-6-4-3-5-17(14)18)13-20-19(22)21-10-12-25(23,24)11-9-15(21)2/h3-8,15H,9-13H2,1-2H3,(H,20,22)/t15-/m0/s1. The minimum Gasteiger partial charge on any atom is -0.334 e. The van der Waals surface area contributed by atoms with Gasteiger partial charge in [-0.05, 0) is 42.2 Å². The summed E-state index contributed by atoms with van der Waals surface area (Å²) in [5.41, 5.74) is 2.27. The molecular weight excluding hydrogens is 336 g/mol. The Morgan fingerprint density at radius 2 is 1.88 bits per heavy atom. The topological polar surface area (TPSA) is 66.5 Å². The molecule has 3 rings (SSSR count). The summed E-state index contributed by atoms with van der Waals surface area (Å²) < 4.78 is 23.6. The van der Waals surface area contributed by atoms with Gasteiger partial charge < -0.3 is 10.2 Å². The minimum atomic E-state index is -3.04. The van der Waals surface area contributed by atoms with Crippen molar-refractivity contribution in [2.24, 2.45) is 0 Å². The molecule has 2 aromatic carbocycles. The van der Waals surface area contributed by atoms with Crippen molar-refractivity contribution in [1.82, 2.24) is 10.2 Å². The number of rotatable bonds is 2. The van der Waals surface area contributed by atoms with Crippen LogP contribution in [0.5, 0.6) is 0 Å². The fraction of sp³-hybridized carbons (Fsp3) is 0.421. The smallest absolute Gasteiger partial charge is 0.317 e. The van der Waals surface area contributed by atoms with Gasteiger partial charge in [0, 0.05) is 19.1 Å². The summed E-state index contributed by atoms with van der Waals surface area (Å²) in [4.78, 5) is 14.2. The number of nitrogens with zero attached hydrogens (tertiary/aromatic N) is 1. The Hall–Kier alpha value is -2.08. The third kappa shape index (κ3) is 3.95. The number of carbonyl (C=O) groups is 1. The first-order valence-electron chi connectivity index (χ1n) is 8.59. The fourth-order valence-corrected chi connectivity index (χ4v) is 4.69. The van der Waals surface area contributed by atoms with Crippen LogP contribution in [0.1, 0.15) is 24.5 Å². The van der Waals surface area contributed by atoms with Gasteiger partial charge in [0.1, 0.15) is 0 Å². The Morgan fingerprint density at radius 1 is 1.16 bits per heavy atom. The molecule has 6 heteroatoms. The minimum absolute atomic E-state index is 0.0399. The second-order valence-corrected chi connectivity index (χ2v) is 9.03. The van der Waals surface area contributed by atoms with E-state index in [1.807, 2.05) is 25.1 Å². The highest BCUT2D eigenvalue weighted by atomic mass is 32.2. The van der Waals surface area contributed by atoms with Crippen LogP contribution >= 0.6 is 0 Å². The molecule has 0 spiro atoms. The van der Waals surface area contributed by atoms with Crippen LogP contribution in [-0.4, -0.2) is 43.4 Å². The Kier molecular flexibility index (Phi) is 4.99. The Morgan fingerprint density at radius 3 is 2.64 bits per heavy atom. The molecule has 0 aliphatic carbocycles. The highest BCUT2D eigenvalue weighted by molar-refractivity contribution is 7.91. The molecule has 1 atom stereocenters. The highest BCUT2D eigenvalue weighted by Crippen LogP contribution is 2.22. The van der Waals surface area contributed by atoms with Crippen LogP contribution in [-0.2, 0) is 16.4 Å². The number of nitrogens with one attached hydrogen (secondary N) is 1. The van der Waals surface area contributed by atoms with Gasteiger partial charge in [0.25, 0.3) is 0 Å². The summed E-state index contributed by atoms with van der Waals surface area (Å²) >= 11 is 0. The predicted molar refractivity (Wildman–Crippen MR) is 100 cm³/mol. The maximum Gasteiger partial charge on any atom is 0.317 e. The lowest BCUT2D eigenvalue weighted by Crippen LogP contribution is -2.45. The van der Waals surface area contributed by atoms with Gasteiger partial charge in [-0.3, -0.25) is 0 Å². The Balaban J connectivity index is 1.73. The summed E-state index contributed by atoms with van der Waals surface area (Å²) in [5.74, 6) is 0.193. The van der Waals surface area contributed by atoms with Gasteiger partial charge in [-0.2, -0.15) is 0 Å². The van der Waals surface area contributed by atoms with Crippen molar-refractivity contribution < 1.29 is 13.2 Å². The van der Waals surface area contributed by atoms with Crippen LogP contribution in [0.4, 0.5) is 4.79 Å². The van der Waals surface area contributed by atoms with E-state index < -0.39 is 9.84 Å². The van der Waals surface area contributed by atoms with Crippen molar-refractivity contribution >= 4 is 26.6 Å². The second kappa shape index (κ2) is 7.04. The first kappa shape index (κ1) is 17.7. The van der Waals surface area contributed by atoms with E-state index in [9.17, 15) is 13.2 Å². The van der Waals surface area contributed by atoms with Gasteiger partial charge in [-0.25, -0.2) is 13.2 Å². The third-order valence-corrected chi connectivity index (χ3v) is 6.61. The molecule has 1 saturated heterocycles. The number of sulfone groups is 1.